The second-order valence-electron chi connectivity index (χ2n) is 4.96. The van der Waals surface area contributed by atoms with Gasteiger partial charge in [-0.25, -0.2) is 13.2 Å². The monoisotopic (exact) mass is 356 g/mol. The molecule has 0 spiro atoms. The number of hydrogen-bond acceptors (Lipinski definition) is 2. The van der Waals surface area contributed by atoms with Crippen LogP contribution in [0.5, 0.6) is 0 Å². The Morgan fingerprint density at radius 2 is 1.67 bits per heavy atom. The second kappa shape index (κ2) is 7.35. The Kier molecular flexibility index (Phi) is 5.46. The van der Waals surface area contributed by atoms with E-state index in [2.05, 4.69) is 5.32 Å². The molecule has 0 aliphatic carbocycles. The fraction of sp³-hybridized carbons (Fsp3) is 0.125. The van der Waals surface area contributed by atoms with Crippen LogP contribution in [0.15, 0.2) is 30.3 Å². The largest absolute Gasteiger partial charge is 0.326 e. The summed E-state index contributed by atoms with van der Waals surface area (Å²) >= 11 is 5.92. The van der Waals surface area contributed by atoms with Crippen LogP contribution >= 0.6 is 11.6 Å². The van der Waals surface area contributed by atoms with Crippen LogP contribution in [-0.4, -0.2) is 11.8 Å². The molecule has 0 atom stereocenters. The molecule has 0 aromatic heterocycles. The molecule has 2 aromatic carbocycles. The van der Waals surface area contributed by atoms with Gasteiger partial charge in [0.15, 0.2) is 17.5 Å². The highest BCUT2D eigenvalue weighted by Gasteiger charge is 2.17. The number of benzene rings is 2. The summed E-state index contributed by atoms with van der Waals surface area (Å²) in [4.78, 5) is 23.5. The summed E-state index contributed by atoms with van der Waals surface area (Å²) in [7, 11) is 0. The van der Waals surface area contributed by atoms with Crippen molar-refractivity contribution < 1.29 is 22.8 Å². The molecule has 2 N–H and O–H groups in total. The number of carbonyl (C=O) groups excluding carboxylic acids is 2. The molecule has 2 amide bonds. The number of aryl methyl sites for hydroxylation is 1. The Balaban J connectivity index is 1.98. The van der Waals surface area contributed by atoms with E-state index in [1.807, 2.05) is 5.32 Å². The third-order valence-electron chi connectivity index (χ3n) is 3.09. The lowest BCUT2D eigenvalue weighted by Gasteiger charge is -2.09. The van der Waals surface area contributed by atoms with Gasteiger partial charge in [-0.2, -0.15) is 0 Å². The van der Waals surface area contributed by atoms with E-state index in [9.17, 15) is 22.8 Å². The molecular weight excluding hydrogens is 345 g/mol. The summed E-state index contributed by atoms with van der Waals surface area (Å²) in [6.45, 7) is 1.79. The highest BCUT2D eigenvalue weighted by molar-refractivity contribution is 6.31. The van der Waals surface area contributed by atoms with Crippen LogP contribution in [0.4, 0.5) is 24.5 Å². The first kappa shape index (κ1) is 17.8. The normalized spacial score (nSPS) is 10.4. The van der Waals surface area contributed by atoms with E-state index < -0.39 is 41.4 Å². The Bertz CT molecular complexity index is 812. The zero-order valence-corrected chi connectivity index (χ0v) is 13.2. The minimum absolute atomic E-state index is 0.391. The van der Waals surface area contributed by atoms with Crippen LogP contribution in [0.2, 0.25) is 5.02 Å². The first-order valence-electron chi connectivity index (χ1n) is 6.77. The number of nitrogens with one attached hydrogen (secondary N) is 2. The summed E-state index contributed by atoms with van der Waals surface area (Å²) in [5, 5.41) is 4.90. The third kappa shape index (κ3) is 4.26. The minimum atomic E-state index is -1.70. The van der Waals surface area contributed by atoms with E-state index in [0.717, 1.165) is 11.6 Å². The van der Waals surface area contributed by atoms with E-state index >= 15 is 0 Å². The summed E-state index contributed by atoms with van der Waals surface area (Å²) in [5.74, 6) is -6.16. The molecule has 2 aromatic rings. The first-order valence-corrected chi connectivity index (χ1v) is 7.15. The molecule has 8 heteroatoms. The van der Waals surface area contributed by atoms with Gasteiger partial charge in [-0.1, -0.05) is 17.7 Å². The third-order valence-corrected chi connectivity index (χ3v) is 3.49. The van der Waals surface area contributed by atoms with Crippen molar-refractivity contribution in [1.29, 1.82) is 0 Å². The molecule has 2 rings (SSSR count). The predicted molar refractivity (Wildman–Crippen MR) is 84.4 cm³/mol. The molecule has 0 saturated heterocycles. The van der Waals surface area contributed by atoms with Gasteiger partial charge in [0.1, 0.15) is 6.42 Å². The highest BCUT2D eigenvalue weighted by Crippen LogP contribution is 2.21. The van der Waals surface area contributed by atoms with Gasteiger partial charge in [0, 0.05) is 10.7 Å². The summed E-state index contributed by atoms with van der Waals surface area (Å²) in [5.41, 5.74) is 0.661. The van der Waals surface area contributed by atoms with Crippen LogP contribution in [0.1, 0.15) is 12.0 Å². The molecule has 0 aliphatic heterocycles. The molecule has 0 heterocycles. The molecule has 24 heavy (non-hydrogen) atoms. The Morgan fingerprint density at radius 3 is 2.33 bits per heavy atom. The van der Waals surface area contributed by atoms with Crippen molar-refractivity contribution >= 4 is 34.8 Å². The lowest BCUT2D eigenvalue weighted by atomic mass is 10.2. The lowest BCUT2D eigenvalue weighted by Crippen LogP contribution is -2.22. The summed E-state index contributed by atoms with van der Waals surface area (Å²) in [6.07, 6.45) is -0.635. The van der Waals surface area contributed by atoms with E-state index in [1.165, 1.54) is 6.07 Å². The average molecular weight is 357 g/mol. The van der Waals surface area contributed by atoms with Gasteiger partial charge in [-0.15, -0.1) is 0 Å². The molecule has 126 valence electrons. The van der Waals surface area contributed by atoms with Gasteiger partial charge < -0.3 is 10.6 Å². The minimum Gasteiger partial charge on any atom is -0.326 e. The standard InChI is InChI=1S/C16H12ClF3N2O2/c1-8-2-3-9(6-10(8)17)21-13(23)7-14(24)22-12-5-4-11(18)15(19)16(12)20/h2-6H,7H2,1H3,(H,21,23)(H,22,24). The first-order chi connectivity index (χ1) is 11.3. The van der Waals surface area contributed by atoms with Crippen molar-refractivity contribution in [2.45, 2.75) is 13.3 Å². The Hall–Kier alpha value is -2.54. The van der Waals surface area contributed by atoms with E-state index in [4.69, 9.17) is 11.6 Å². The fourth-order valence-corrected chi connectivity index (χ4v) is 2.02. The highest BCUT2D eigenvalue weighted by atomic mass is 35.5. The SMILES string of the molecule is Cc1ccc(NC(=O)CC(=O)Nc2ccc(F)c(F)c2F)cc1Cl. The van der Waals surface area contributed by atoms with Crippen LogP contribution < -0.4 is 10.6 Å². The van der Waals surface area contributed by atoms with Gasteiger partial charge in [0.2, 0.25) is 11.8 Å². The molecule has 0 saturated carbocycles. The zero-order chi connectivity index (χ0) is 17.9. The van der Waals surface area contributed by atoms with Crippen molar-refractivity contribution in [3.05, 3.63) is 58.4 Å². The Morgan fingerprint density at radius 1 is 1.00 bits per heavy atom. The maximum absolute atomic E-state index is 13.4. The topological polar surface area (TPSA) is 58.2 Å². The maximum atomic E-state index is 13.4. The maximum Gasteiger partial charge on any atom is 0.233 e. The van der Waals surface area contributed by atoms with Crippen molar-refractivity contribution in [1.82, 2.24) is 0 Å². The van der Waals surface area contributed by atoms with Crippen molar-refractivity contribution in [3.63, 3.8) is 0 Å². The van der Waals surface area contributed by atoms with Crippen molar-refractivity contribution in [2.75, 3.05) is 10.6 Å². The summed E-state index contributed by atoms with van der Waals surface area (Å²) < 4.78 is 39.3. The smallest absolute Gasteiger partial charge is 0.233 e. The van der Waals surface area contributed by atoms with E-state index in [0.29, 0.717) is 16.8 Å². The van der Waals surface area contributed by atoms with E-state index in [-0.39, 0.29) is 0 Å². The van der Waals surface area contributed by atoms with Gasteiger partial charge in [-0.3, -0.25) is 9.59 Å². The van der Waals surface area contributed by atoms with Crippen molar-refractivity contribution in [3.8, 4) is 0 Å². The van der Waals surface area contributed by atoms with Crippen LogP contribution in [0.25, 0.3) is 0 Å². The molecule has 0 unspecified atom stereocenters. The lowest BCUT2D eigenvalue weighted by molar-refractivity contribution is -0.123. The number of anilines is 2. The molecular formula is C16H12ClF3N2O2. The van der Waals surface area contributed by atoms with Crippen LogP contribution in [0.3, 0.4) is 0 Å². The van der Waals surface area contributed by atoms with Gasteiger partial charge in [0.05, 0.1) is 5.69 Å². The number of rotatable bonds is 4. The molecule has 4 nitrogen and oxygen atoms in total. The number of amides is 2. The zero-order valence-electron chi connectivity index (χ0n) is 12.4. The van der Waals surface area contributed by atoms with Crippen LogP contribution in [-0.2, 0) is 9.59 Å². The van der Waals surface area contributed by atoms with Gasteiger partial charge in [0.25, 0.3) is 0 Å². The quantitative estimate of drug-likeness (QED) is 0.642. The summed E-state index contributed by atoms with van der Waals surface area (Å²) in [6, 6.07) is 6.34. The van der Waals surface area contributed by atoms with Crippen molar-refractivity contribution in [2.24, 2.45) is 0 Å². The van der Waals surface area contributed by atoms with Gasteiger partial charge >= 0.3 is 0 Å². The average Bonchev–Trinajstić information content (AvgIpc) is 2.51. The molecule has 0 aliphatic rings. The number of hydrogen-bond donors (Lipinski definition) is 2. The predicted octanol–water partition coefficient (Wildman–Crippen LogP) is 4.03. The molecule has 0 fully saturated rings. The Labute approximate surface area is 140 Å². The van der Waals surface area contributed by atoms with Crippen LogP contribution in [0, 0.1) is 24.4 Å². The molecule has 0 bridgehead atoms. The number of carbonyl (C=O) groups is 2. The molecule has 0 radical (unpaired) electrons. The van der Waals surface area contributed by atoms with Gasteiger partial charge in [-0.05, 0) is 36.8 Å². The number of halogens is 4. The van der Waals surface area contributed by atoms with E-state index in [1.54, 1.807) is 19.1 Å². The second-order valence-corrected chi connectivity index (χ2v) is 5.37. The fourth-order valence-electron chi connectivity index (χ4n) is 1.84.